The van der Waals surface area contributed by atoms with E-state index in [1.165, 1.54) is 6.92 Å². The highest BCUT2D eigenvalue weighted by molar-refractivity contribution is 5.77. The van der Waals surface area contributed by atoms with Crippen LogP contribution in [-0.4, -0.2) is 27.6 Å². The van der Waals surface area contributed by atoms with Crippen LogP contribution < -0.4 is 5.32 Å². The number of H-pyrrole nitrogens is 1. The minimum Gasteiger partial charge on any atom is -0.355 e. The number of aromatic nitrogens is 3. The lowest BCUT2D eigenvalue weighted by Gasteiger charge is -1.94. The molecule has 0 saturated heterocycles. The maximum Gasteiger partial charge on any atom is 0.216 e. The Labute approximate surface area is 98.6 Å². The molecule has 2 N–H and O–H groups in total. The first-order chi connectivity index (χ1) is 8.25. The van der Waals surface area contributed by atoms with Crippen LogP contribution in [0.2, 0.25) is 0 Å². The smallest absolute Gasteiger partial charge is 0.216 e. The molecule has 17 heavy (non-hydrogen) atoms. The molecule has 0 saturated carbocycles. The predicted molar refractivity (Wildman–Crippen MR) is 64.1 cm³/mol. The van der Waals surface area contributed by atoms with Crippen molar-refractivity contribution in [2.45, 2.75) is 13.3 Å². The van der Waals surface area contributed by atoms with E-state index in [0.717, 1.165) is 10.9 Å². The Hall–Kier alpha value is -2.35. The van der Waals surface area contributed by atoms with Crippen molar-refractivity contribution >= 4 is 16.8 Å². The summed E-state index contributed by atoms with van der Waals surface area (Å²) in [4.78, 5) is 14.8. The molecule has 5 nitrogen and oxygen atoms in total. The van der Waals surface area contributed by atoms with Crippen LogP contribution in [0.3, 0.4) is 0 Å². The van der Waals surface area contributed by atoms with Gasteiger partial charge >= 0.3 is 0 Å². The number of fused-ring (bicyclic) bond motifs is 1. The number of nitrogens with one attached hydrogen (secondary N) is 2. The first-order valence-corrected chi connectivity index (χ1v) is 5.28. The van der Waals surface area contributed by atoms with Crippen molar-refractivity contribution < 1.29 is 4.79 Å². The molecule has 0 aromatic carbocycles. The molecule has 2 aromatic rings. The third-order valence-corrected chi connectivity index (χ3v) is 2.16. The van der Waals surface area contributed by atoms with Gasteiger partial charge < -0.3 is 5.32 Å². The van der Waals surface area contributed by atoms with Crippen LogP contribution in [0, 0.1) is 11.8 Å². The number of carbonyl (C=O) groups excluding carboxylic acids is 1. The van der Waals surface area contributed by atoms with Crippen LogP contribution in [0.4, 0.5) is 0 Å². The molecule has 2 aromatic heterocycles. The van der Waals surface area contributed by atoms with Gasteiger partial charge in [0.05, 0.1) is 17.9 Å². The van der Waals surface area contributed by atoms with E-state index >= 15 is 0 Å². The summed E-state index contributed by atoms with van der Waals surface area (Å²) in [5.41, 5.74) is 1.61. The largest absolute Gasteiger partial charge is 0.355 e. The summed E-state index contributed by atoms with van der Waals surface area (Å²) in [7, 11) is 0. The van der Waals surface area contributed by atoms with Crippen molar-refractivity contribution in [1.29, 1.82) is 0 Å². The van der Waals surface area contributed by atoms with Gasteiger partial charge in [-0.2, -0.15) is 5.10 Å². The van der Waals surface area contributed by atoms with E-state index < -0.39 is 0 Å². The molecule has 86 valence electrons. The second kappa shape index (κ2) is 5.12. The molecular formula is C12H12N4O. The SMILES string of the molecule is CC(=O)NCCC#Cc1cc2cn[nH]c2cn1. The molecule has 0 aliphatic heterocycles. The van der Waals surface area contributed by atoms with Gasteiger partial charge in [0.1, 0.15) is 5.69 Å². The molecule has 5 heteroatoms. The van der Waals surface area contributed by atoms with Gasteiger partial charge in [-0.1, -0.05) is 5.92 Å². The number of aromatic amines is 1. The van der Waals surface area contributed by atoms with Crippen LogP contribution in [0.15, 0.2) is 18.5 Å². The highest BCUT2D eigenvalue weighted by atomic mass is 16.1. The van der Waals surface area contributed by atoms with Crippen molar-refractivity contribution in [1.82, 2.24) is 20.5 Å². The molecular weight excluding hydrogens is 216 g/mol. The zero-order valence-corrected chi connectivity index (χ0v) is 9.45. The fourth-order valence-corrected chi connectivity index (χ4v) is 1.36. The second-order valence-electron chi connectivity index (χ2n) is 3.56. The van der Waals surface area contributed by atoms with Gasteiger partial charge in [-0.15, -0.1) is 0 Å². The van der Waals surface area contributed by atoms with Gasteiger partial charge in [0.15, 0.2) is 0 Å². The van der Waals surface area contributed by atoms with Crippen molar-refractivity contribution in [2.24, 2.45) is 0 Å². The maximum atomic E-state index is 10.6. The number of amides is 1. The van der Waals surface area contributed by atoms with Crippen LogP contribution in [0.5, 0.6) is 0 Å². The zero-order chi connectivity index (χ0) is 12.1. The van der Waals surface area contributed by atoms with Crippen molar-refractivity contribution in [3.63, 3.8) is 0 Å². The fourth-order valence-electron chi connectivity index (χ4n) is 1.36. The molecule has 2 rings (SSSR count). The van der Waals surface area contributed by atoms with Gasteiger partial charge in [-0.25, -0.2) is 4.98 Å². The quantitative estimate of drug-likeness (QED) is 0.591. The lowest BCUT2D eigenvalue weighted by atomic mass is 10.2. The van der Waals surface area contributed by atoms with E-state index in [2.05, 4.69) is 32.3 Å². The van der Waals surface area contributed by atoms with E-state index in [-0.39, 0.29) is 5.91 Å². The Morgan fingerprint density at radius 2 is 2.41 bits per heavy atom. The van der Waals surface area contributed by atoms with Crippen LogP contribution in [0.1, 0.15) is 19.0 Å². The first-order valence-electron chi connectivity index (χ1n) is 5.28. The van der Waals surface area contributed by atoms with E-state index in [4.69, 9.17) is 0 Å². The molecule has 0 unspecified atom stereocenters. The summed E-state index contributed by atoms with van der Waals surface area (Å²) in [6, 6.07) is 1.88. The molecule has 0 aliphatic carbocycles. The normalized spacial score (nSPS) is 9.71. The van der Waals surface area contributed by atoms with Crippen molar-refractivity contribution in [2.75, 3.05) is 6.54 Å². The lowest BCUT2D eigenvalue weighted by molar-refractivity contribution is -0.118. The highest BCUT2D eigenvalue weighted by Crippen LogP contribution is 2.08. The highest BCUT2D eigenvalue weighted by Gasteiger charge is 1.96. The van der Waals surface area contributed by atoms with E-state index in [9.17, 15) is 4.79 Å². The van der Waals surface area contributed by atoms with Gasteiger partial charge in [0.2, 0.25) is 5.91 Å². The summed E-state index contributed by atoms with van der Waals surface area (Å²) in [5.74, 6) is 5.87. The predicted octanol–water partition coefficient (Wildman–Crippen LogP) is 0.836. The molecule has 0 bridgehead atoms. The summed E-state index contributed by atoms with van der Waals surface area (Å²) in [6.07, 6.45) is 4.06. The molecule has 0 aliphatic rings. The molecule has 0 atom stereocenters. The Bertz CT molecular complexity index is 591. The molecule has 0 radical (unpaired) electrons. The minimum absolute atomic E-state index is 0.0373. The zero-order valence-electron chi connectivity index (χ0n) is 9.45. The standard InChI is InChI=1S/C12H12N4O/c1-9(17)13-5-3-2-4-11-6-10-7-15-16-12(10)8-14-11/h6-8H,3,5H2,1H3,(H,13,17)(H,15,16). The molecule has 0 fully saturated rings. The minimum atomic E-state index is -0.0373. The Morgan fingerprint density at radius 1 is 1.53 bits per heavy atom. The summed E-state index contributed by atoms with van der Waals surface area (Å²) >= 11 is 0. The number of hydrogen-bond donors (Lipinski definition) is 2. The van der Waals surface area contributed by atoms with E-state index in [0.29, 0.717) is 18.7 Å². The number of pyridine rings is 1. The summed E-state index contributed by atoms with van der Waals surface area (Å²) < 4.78 is 0. The number of nitrogens with zero attached hydrogens (tertiary/aromatic N) is 2. The van der Waals surface area contributed by atoms with E-state index in [1.807, 2.05) is 6.07 Å². The summed E-state index contributed by atoms with van der Waals surface area (Å²) in [5, 5.41) is 10.4. The van der Waals surface area contributed by atoms with Crippen molar-refractivity contribution in [3.8, 4) is 11.8 Å². The van der Waals surface area contributed by atoms with Gasteiger partial charge in [0, 0.05) is 25.3 Å². The third-order valence-electron chi connectivity index (χ3n) is 2.16. The number of carbonyl (C=O) groups is 1. The van der Waals surface area contributed by atoms with Crippen molar-refractivity contribution in [3.05, 3.63) is 24.2 Å². The van der Waals surface area contributed by atoms with Gasteiger partial charge in [-0.05, 0) is 12.0 Å². The third kappa shape index (κ3) is 3.05. The Balaban J connectivity index is 1.98. The first kappa shape index (κ1) is 11.1. The van der Waals surface area contributed by atoms with Gasteiger partial charge in [-0.3, -0.25) is 9.89 Å². The monoisotopic (exact) mass is 228 g/mol. The average molecular weight is 228 g/mol. The Morgan fingerprint density at radius 3 is 3.24 bits per heavy atom. The van der Waals surface area contributed by atoms with Crippen LogP contribution in [-0.2, 0) is 4.79 Å². The van der Waals surface area contributed by atoms with Gasteiger partial charge in [0.25, 0.3) is 0 Å². The lowest BCUT2D eigenvalue weighted by Crippen LogP contribution is -2.20. The molecule has 2 heterocycles. The second-order valence-corrected chi connectivity index (χ2v) is 3.56. The molecule has 0 spiro atoms. The summed E-state index contributed by atoms with van der Waals surface area (Å²) in [6.45, 7) is 2.05. The topological polar surface area (TPSA) is 70.7 Å². The molecule has 1 amide bonds. The fraction of sp³-hybridized carbons (Fsp3) is 0.250. The number of hydrogen-bond acceptors (Lipinski definition) is 3. The average Bonchev–Trinajstić information content (AvgIpc) is 2.75. The van der Waals surface area contributed by atoms with Crippen LogP contribution in [0.25, 0.3) is 10.9 Å². The van der Waals surface area contributed by atoms with E-state index in [1.54, 1.807) is 12.4 Å². The number of rotatable bonds is 2. The maximum absolute atomic E-state index is 10.6. The Kier molecular flexibility index (Phi) is 3.36. The van der Waals surface area contributed by atoms with Crippen LogP contribution >= 0.6 is 0 Å².